The standard InChI is InChI=1S/C15H17N2O3P.C2H6/c1-10-7-12(14(19)16-9-21)13(18)15(17-10)20-8-11-5-3-2-4-6-11;1-2/h2-7,18H,8-9,21H2,1H3,(H,16,19);1-2H3. The molecule has 0 fully saturated rings. The van der Waals surface area contributed by atoms with Gasteiger partial charge in [0.05, 0.1) is 5.56 Å². The number of ether oxygens (including phenoxy) is 1. The van der Waals surface area contributed by atoms with Crippen molar-refractivity contribution in [3.8, 4) is 11.6 Å². The zero-order chi connectivity index (χ0) is 17.2. The molecule has 2 aromatic rings. The molecule has 0 aliphatic rings. The quantitative estimate of drug-likeness (QED) is 0.823. The monoisotopic (exact) mass is 334 g/mol. The van der Waals surface area contributed by atoms with Crippen molar-refractivity contribution >= 4 is 15.1 Å². The number of hydrogen-bond acceptors (Lipinski definition) is 4. The molecule has 1 atom stereocenters. The number of carbonyl (C=O) groups is 1. The Kier molecular flexibility index (Phi) is 8.06. The van der Waals surface area contributed by atoms with Crippen molar-refractivity contribution in [2.45, 2.75) is 27.4 Å². The minimum absolute atomic E-state index is 0.0627. The number of aryl methyl sites for hydroxylation is 1. The van der Waals surface area contributed by atoms with Crippen LogP contribution in [0.25, 0.3) is 0 Å². The van der Waals surface area contributed by atoms with Gasteiger partial charge in [0.1, 0.15) is 6.61 Å². The zero-order valence-corrected chi connectivity index (χ0v) is 14.8. The Hall–Kier alpha value is -2.13. The second kappa shape index (κ2) is 9.80. The van der Waals surface area contributed by atoms with Crippen LogP contribution < -0.4 is 10.1 Å². The third kappa shape index (κ3) is 5.53. The van der Waals surface area contributed by atoms with Crippen molar-refractivity contribution in [3.63, 3.8) is 0 Å². The summed E-state index contributed by atoms with van der Waals surface area (Å²) in [5, 5.41) is 12.7. The van der Waals surface area contributed by atoms with E-state index in [9.17, 15) is 9.90 Å². The largest absolute Gasteiger partial charge is 0.503 e. The van der Waals surface area contributed by atoms with Gasteiger partial charge in [0.15, 0.2) is 5.75 Å². The molecule has 0 aliphatic heterocycles. The molecule has 2 rings (SSSR count). The first-order valence-electron chi connectivity index (χ1n) is 7.47. The Labute approximate surface area is 139 Å². The molecule has 0 saturated heterocycles. The lowest BCUT2D eigenvalue weighted by Gasteiger charge is -2.11. The molecule has 1 aromatic carbocycles. The maximum absolute atomic E-state index is 11.9. The first-order chi connectivity index (χ1) is 11.1. The number of aromatic hydroxyl groups is 1. The average Bonchev–Trinajstić information content (AvgIpc) is 2.58. The summed E-state index contributed by atoms with van der Waals surface area (Å²) in [6, 6.07) is 11.1. The van der Waals surface area contributed by atoms with E-state index in [1.165, 1.54) is 6.07 Å². The van der Waals surface area contributed by atoms with Gasteiger partial charge in [-0.05, 0) is 18.6 Å². The van der Waals surface area contributed by atoms with E-state index in [4.69, 9.17) is 4.74 Å². The SMILES string of the molecule is CC.Cc1cc(C(=O)NCP)c(O)c(OCc2ccccc2)n1. The number of nitrogens with one attached hydrogen (secondary N) is 1. The second-order valence-corrected chi connectivity index (χ2v) is 4.86. The van der Waals surface area contributed by atoms with Crippen molar-refractivity contribution < 1.29 is 14.6 Å². The number of carbonyl (C=O) groups excluding carboxylic acids is 1. The van der Waals surface area contributed by atoms with E-state index in [2.05, 4.69) is 19.5 Å². The van der Waals surface area contributed by atoms with Gasteiger partial charge >= 0.3 is 0 Å². The first-order valence-corrected chi connectivity index (χ1v) is 8.29. The highest BCUT2D eigenvalue weighted by Crippen LogP contribution is 2.29. The third-order valence-corrected chi connectivity index (χ3v) is 3.02. The summed E-state index contributed by atoms with van der Waals surface area (Å²) in [5.41, 5.74) is 1.72. The van der Waals surface area contributed by atoms with E-state index in [1.54, 1.807) is 6.92 Å². The second-order valence-electron chi connectivity index (χ2n) is 4.45. The van der Waals surface area contributed by atoms with Gasteiger partial charge in [-0.3, -0.25) is 4.79 Å². The Morgan fingerprint density at radius 3 is 2.57 bits per heavy atom. The van der Waals surface area contributed by atoms with Crippen molar-refractivity contribution in [1.29, 1.82) is 0 Å². The predicted octanol–water partition coefficient (Wildman–Crippen LogP) is 3.26. The van der Waals surface area contributed by atoms with E-state index in [0.717, 1.165) is 5.56 Å². The number of nitrogens with zero attached hydrogens (tertiary/aromatic N) is 1. The van der Waals surface area contributed by atoms with Crippen LogP contribution in [0, 0.1) is 6.92 Å². The van der Waals surface area contributed by atoms with Crippen LogP contribution in [0.3, 0.4) is 0 Å². The number of amides is 1. The van der Waals surface area contributed by atoms with Gasteiger partial charge in [0.2, 0.25) is 0 Å². The number of pyridine rings is 1. The van der Waals surface area contributed by atoms with Gasteiger partial charge in [-0.1, -0.05) is 44.2 Å². The fraction of sp³-hybridized carbons (Fsp3) is 0.294. The van der Waals surface area contributed by atoms with Crippen molar-refractivity contribution in [3.05, 3.63) is 53.2 Å². The van der Waals surface area contributed by atoms with E-state index in [0.29, 0.717) is 12.0 Å². The zero-order valence-electron chi connectivity index (χ0n) is 13.7. The van der Waals surface area contributed by atoms with Crippen LogP contribution in [0.5, 0.6) is 11.6 Å². The van der Waals surface area contributed by atoms with Crippen molar-refractivity contribution in [1.82, 2.24) is 10.3 Å². The Morgan fingerprint density at radius 2 is 1.96 bits per heavy atom. The molecule has 0 saturated carbocycles. The normalized spacial score (nSPS) is 9.57. The summed E-state index contributed by atoms with van der Waals surface area (Å²) in [5.74, 6) is -0.544. The van der Waals surface area contributed by atoms with Crippen molar-refractivity contribution in [2.75, 3.05) is 6.29 Å². The number of aromatic nitrogens is 1. The molecule has 1 amide bonds. The highest BCUT2D eigenvalue weighted by Gasteiger charge is 2.17. The maximum atomic E-state index is 11.9. The van der Waals surface area contributed by atoms with Crippen LogP contribution in [0.1, 0.15) is 35.5 Å². The lowest BCUT2D eigenvalue weighted by Crippen LogP contribution is -2.21. The van der Waals surface area contributed by atoms with Gasteiger partial charge in [-0.25, -0.2) is 4.98 Å². The molecule has 0 aliphatic carbocycles. The van der Waals surface area contributed by atoms with Crippen LogP contribution >= 0.6 is 9.24 Å². The molecule has 1 heterocycles. The lowest BCUT2D eigenvalue weighted by molar-refractivity contribution is 0.0957. The van der Waals surface area contributed by atoms with Gasteiger partial charge in [-0.2, -0.15) is 0 Å². The third-order valence-electron chi connectivity index (χ3n) is 2.81. The lowest BCUT2D eigenvalue weighted by atomic mass is 10.2. The Balaban J connectivity index is 0.00000127. The summed E-state index contributed by atoms with van der Waals surface area (Å²) in [7, 11) is 2.39. The number of hydrogen-bond donors (Lipinski definition) is 2. The highest BCUT2D eigenvalue weighted by atomic mass is 31.0. The first kappa shape index (κ1) is 18.9. The fourth-order valence-corrected chi connectivity index (χ4v) is 2.01. The summed E-state index contributed by atoms with van der Waals surface area (Å²) >= 11 is 0. The summed E-state index contributed by atoms with van der Waals surface area (Å²) in [6.45, 7) is 6.02. The molecule has 1 unspecified atom stereocenters. The molecule has 0 spiro atoms. The van der Waals surface area contributed by atoms with E-state index in [-0.39, 0.29) is 29.7 Å². The van der Waals surface area contributed by atoms with Gasteiger partial charge in [-0.15, -0.1) is 9.24 Å². The molecule has 23 heavy (non-hydrogen) atoms. The number of rotatable bonds is 5. The number of benzene rings is 1. The molecular formula is C17H23N2O3P. The van der Waals surface area contributed by atoms with Crippen LogP contribution in [0.15, 0.2) is 36.4 Å². The molecule has 0 radical (unpaired) electrons. The highest BCUT2D eigenvalue weighted by molar-refractivity contribution is 7.16. The Morgan fingerprint density at radius 1 is 1.30 bits per heavy atom. The van der Waals surface area contributed by atoms with Gasteiger partial charge < -0.3 is 15.2 Å². The molecular weight excluding hydrogens is 311 g/mol. The molecule has 6 heteroatoms. The van der Waals surface area contributed by atoms with Gasteiger partial charge in [0.25, 0.3) is 11.8 Å². The fourth-order valence-electron chi connectivity index (χ4n) is 1.83. The van der Waals surface area contributed by atoms with Gasteiger partial charge in [0, 0.05) is 12.0 Å². The smallest absolute Gasteiger partial charge is 0.258 e. The van der Waals surface area contributed by atoms with E-state index < -0.39 is 0 Å². The molecule has 124 valence electrons. The average molecular weight is 334 g/mol. The Bertz CT molecular complexity index is 633. The minimum atomic E-state index is -0.363. The molecule has 0 bridgehead atoms. The molecule has 1 aromatic heterocycles. The maximum Gasteiger partial charge on any atom is 0.258 e. The predicted molar refractivity (Wildman–Crippen MR) is 94.8 cm³/mol. The van der Waals surface area contributed by atoms with Crippen LogP contribution in [-0.2, 0) is 6.61 Å². The molecule has 2 N–H and O–H groups in total. The van der Waals surface area contributed by atoms with Crippen LogP contribution in [0.4, 0.5) is 0 Å². The topological polar surface area (TPSA) is 71.5 Å². The minimum Gasteiger partial charge on any atom is -0.503 e. The van der Waals surface area contributed by atoms with Crippen LogP contribution in [-0.4, -0.2) is 22.3 Å². The van der Waals surface area contributed by atoms with E-state index >= 15 is 0 Å². The molecule has 5 nitrogen and oxygen atoms in total. The summed E-state index contributed by atoms with van der Waals surface area (Å²) in [6.07, 6.45) is 0.403. The summed E-state index contributed by atoms with van der Waals surface area (Å²) < 4.78 is 5.53. The summed E-state index contributed by atoms with van der Waals surface area (Å²) in [4.78, 5) is 16.0. The van der Waals surface area contributed by atoms with Crippen molar-refractivity contribution in [2.24, 2.45) is 0 Å². The van der Waals surface area contributed by atoms with Crippen LogP contribution in [0.2, 0.25) is 0 Å². The van der Waals surface area contributed by atoms with E-state index in [1.807, 2.05) is 44.2 Å².